The predicted molar refractivity (Wildman–Crippen MR) is 78.1 cm³/mol. The Kier molecular flexibility index (Phi) is 4.27. The minimum atomic E-state index is -3.70. The molecule has 0 spiro atoms. The van der Waals surface area contributed by atoms with Gasteiger partial charge in [0.15, 0.2) is 11.5 Å². The molecule has 1 fully saturated rings. The quantitative estimate of drug-likeness (QED) is 0.867. The molecule has 1 amide bonds. The third-order valence-electron chi connectivity index (χ3n) is 3.91. The lowest BCUT2D eigenvalue weighted by molar-refractivity contribution is -0.286. The monoisotopic (exact) mass is 342 g/mol. The maximum Gasteiger partial charge on any atom is 0.586 e. The van der Waals surface area contributed by atoms with Crippen LogP contribution in [-0.2, 0) is 9.59 Å². The fourth-order valence-electron chi connectivity index (χ4n) is 2.83. The average molecular weight is 342 g/mol. The Morgan fingerprint density at radius 3 is 2.83 bits per heavy atom. The van der Waals surface area contributed by atoms with Crippen LogP contribution in [0.2, 0.25) is 0 Å². The summed E-state index contributed by atoms with van der Waals surface area (Å²) < 4.78 is 34.5. The molecule has 0 aliphatic carbocycles. The second-order valence-corrected chi connectivity index (χ2v) is 5.79. The minimum absolute atomic E-state index is 0.0361. The standard InChI is InChI=1S/C15H16F2N2O5/c16-15(17)23-11-4-3-10(6-12(11)24-15)18-13(20)8-19-5-1-2-9(7-19)14(21)22/h3-4,6,9H,1-2,5,7-8H2,(H,18,20)(H,21,22). The van der Waals surface area contributed by atoms with E-state index in [-0.39, 0.29) is 24.0 Å². The number of carboxylic acids is 1. The van der Waals surface area contributed by atoms with Gasteiger partial charge in [0.25, 0.3) is 0 Å². The van der Waals surface area contributed by atoms with Gasteiger partial charge in [-0.1, -0.05) is 0 Å². The largest absolute Gasteiger partial charge is 0.586 e. The van der Waals surface area contributed by atoms with Gasteiger partial charge >= 0.3 is 12.3 Å². The molecule has 2 heterocycles. The molecule has 0 saturated carbocycles. The molecule has 0 bridgehead atoms. The van der Waals surface area contributed by atoms with Gasteiger partial charge < -0.3 is 19.9 Å². The van der Waals surface area contributed by atoms with E-state index in [9.17, 15) is 18.4 Å². The molecular formula is C15H16F2N2O5. The lowest BCUT2D eigenvalue weighted by atomic mass is 9.98. The number of ether oxygens (including phenoxy) is 2. The van der Waals surface area contributed by atoms with E-state index in [0.29, 0.717) is 31.6 Å². The van der Waals surface area contributed by atoms with Crippen molar-refractivity contribution < 1.29 is 33.0 Å². The van der Waals surface area contributed by atoms with E-state index in [1.165, 1.54) is 18.2 Å². The van der Waals surface area contributed by atoms with Crippen molar-refractivity contribution in [3.05, 3.63) is 18.2 Å². The first-order valence-electron chi connectivity index (χ1n) is 7.47. The van der Waals surface area contributed by atoms with Gasteiger partial charge in [-0.15, -0.1) is 8.78 Å². The number of carbonyl (C=O) groups excluding carboxylic acids is 1. The molecule has 1 saturated heterocycles. The summed E-state index contributed by atoms with van der Waals surface area (Å²) in [4.78, 5) is 24.9. The van der Waals surface area contributed by atoms with E-state index in [1.807, 2.05) is 0 Å². The summed E-state index contributed by atoms with van der Waals surface area (Å²) in [5.74, 6) is -1.94. The zero-order chi connectivity index (χ0) is 17.3. The number of nitrogens with one attached hydrogen (secondary N) is 1. The van der Waals surface area contributed by atoms with Gasteiger partial charge in [-0.3, -0.25) is 14.5 Å². The van der Waals surface area contributed by atoms with E-state index in [1.54, 1.807) is 4.90 Å². The van der Waals surface area contributed by atoms with Crippen molar-refractivity contribution in [1.29, 1.82) is 0 Å². The number of likely N-dealkylation sites (tertiary alicyclic amines) is 1. The number of alkyl halides is 2. The number of aliphatic carboxylic acids is 1. The minimum Gasteiger partial charge on any atom is -0.481 e. The summed E-state index contributed by atoms with van der Waals surface area (Å²) in [7, 11) is 0. The molecule has 1 aromatic rings. The molecule has 130 valence electrons. The molecular weight excluding hydrogens is 326 g/mol. The Labute approximate surface area is 136 Å². The maximum absolute atomic E-state index is 13.0. The van der Waals surface area contributed by atoms with Crippen LogP contribution in [0.5, 0.6) is 11.5 Å². The maximum atomic E-state index is 13.0. The molecule has 3 rings (SSSR count). The normalized spacial score (nSPS) is 22.2. The smallest absolute Gasteiger partial charge is 0.481 e. The Bertz CT molecular complexity index is 667. The first kappa shape index (κ1) is 16.4. The predicted octanol–water partition coefficient (Wildman–Crippen LogP) is 1.74. The first-order chi connectivity index (χ1) is 11.3. The number of amides is 1. The molecule has 2 aliphatic heterocycles. The van der Waals surface area contributed by atoms with Gasteiger partial charge in [0.1, 0.15) is 0 Å². The van der Waals surface area contributed by atoms with Gasteiger partial charge in [-0.25, -0.2) is 0 Å². The SMILES string of the molecule is O=C(CN1CCCC(C(=O)O)C1)Nc1ccc2c(c1)OC(F)(F)O2. The Morgan fingerprint density at radius 1 is 1.33 bits per heavy atom. The molecule has 7 nitrogen and oxygen atoms in total. The summed E-state index contributed by atoms with van der Waals surface area (Å²) in [6, 6.07) is 3.97. The summed E-state index contributed by atoms with van der Waals surface area (Å²) >= 11 is 0. The summed E-state index contributed by atoms with van der Waals surface area (Å²) in [5, 5.41) is 11.6. The van der Waals surface area contributed by atoms with Crippen LogP contribution < -0.4 is 14.8 Å². The van der Waals surface area contributed by atoms with Crippen LogP contribution in [-0.4, -0.2) is 47.8 Å². The van der Waals surface area contributed by atoms with Crippen LogP contribution in [0.3, 0.4) is 0 Å². The molecule has 24 heavy (non-hydrogen) atoms. The van der Waals surface area contributed by atoms with Crippen molar-refractivity contribution in [2.75, 3.05) is 25.0 Å². The van der Waals surface area contributed by atoms with Crippen molar-refractivity contribution >= 4 is 17.6 Å². The molecule has 2 aliphatic rings. The topological polar surface area (TPSA) is 88.1 Å². The highest BCUT2D eigenvalue weighted by atomic mass is 19.3. The molecule has 0 aromatic heterocycles. The molecule has 9 heteroatoms. The number of anilines is 1. The number of fused-ring (bicyclic) bond motifs is 1. The van der Waals surface area contributed by atoms with E-state index in [0.717, 1.165) is 0 Å². The van der Waals surface area contributed by atoms with Crippen molar-refractivity contribution in [3.63, 3.8) is 0 Å². The van der Waals surface area contributed by atoms with Crippen molar-refractivity contribution in [2.24, 2.45) is 5.92 Å². The average Bonchev–Trinajstić information content (AvgIpc) is 2.80. The molecule has 0 radical (unpaired) electrons. The second-order valence-electron chi connectivity index (χ2n) is 5.79. The summed E-state index contributed by atoms with van der Waals surface area (Å²) in [6.45, 7) is 0.995. The van der Waals surface area contributed by atoms with E-state index >= 15 is 0 Å². The van der Waals surface area contributed by atoms with Crippen LogP contribution in [0.25, 0.3) is 0 Å². The van der Waals surface area contributed by atoms with Crippen molar-refractivity contribution in [1.82, 2.24) is 4.90 Å². The van der Waals surface area contributed by atoms with Crippen molar-refractivity contribution in [2.45, 2.75) is 19.1 Å². The number of halogens is 2. The van der Waals surface area contributed by atoms with Crippen LogP contribution in [0, 0.1) is 5.92 Å². The highest BCUT2D eigenvalue weighted by Crippen LogP contribution is 2.42. The number of rotatable bonds is 4. The van der Waals surface area contributed by atoms with Gasteiger partial charge in [-0.2, -0.15) is 0 Å². The zero-order valence-corrected chi connectivity index (χ0v) is 12.6. The van der Waals surface area contributed by atoms with E-state index in [2.05, 4.69) is 14.8 Å². The third kappa shape index (κ3) is 3.73. The molecule has 1 aromatic carbocycles. The highest BCUT2D eigenvalue weighted by molar-refractivity contribution is 5.92. The molecule has 1 atom stereocenters. The fraction of sp³-hybridized carbons (Fsp3) is 0.467. The van der Waals surface area contributed by atoms with Crippen LogP contribution in [0.1, 0.15) is 12.8 Å². The van der Waals surface area contributed by atoms with Gasteiger partial charge in [-0.05, 0) is 31.5 Å². The number of carboxylic acid groups (broad SMARTS) is 1. The lowest BCUT2D eigenvalue weighted by Gasteiger charge is -2.29. The summed E-state index contributed by atoms with van der Waals surface area (Å²) in [6.07, 6.45) is -2.39. The van der Waals surface area contributed by atoms with Crippen LogP contribution in [0.4, 0.5) is 14.5 Å². The summed E-state index contributed by atoms with van der Waals surface area (Å²) in [5.41, 5.74) is 0.298. The third-order valence-corrected chi connectivity index (χ3v) is 3.91. The van der Waals surface area contributed by atoms with Gasteiger partial charge in [0, 0.05) is 18.3 Å². The number of carbonyl (C=O) groups is 2. The van der Waals surface area contributed by atoms with Crippen LogP contribution >= 0.6 is 0 Å². The Morgan fingerprint density at radius 2 is 2.08 bits per heavy atom. The molecule has 2 N–H and O–H groups in total. The second kappa shape index (κ2) is 6.23. The van der Waals surface area contributed by atoms with E-state index < -0.39 is 18.2 Å². The van der Waals surface area contributed by atoms with Gasteiger partial charge in [0.2, 0.25) is 5.91 Å². The van der Waals surface area contributed by atoms with Gasteiger partial charge in [0.05, 0.1) is 12.5 Å². The highest BCUT2D eigenvalue weighted by Gasteiger charge is 2.43. The van der Waals surface area contributed by atoms with Crippen LogP contribution in [0.15, 0.2) is 18.2 Å². The zero-order valence-electron chi connectivity index (χ0n) is 12.6. The molecule has 1 unspecified atom stereocenters. The fourth-order valence-corrected chi connectivity index (χ4v) is 2.83. The lowest BCUT2D eigenvalue weighted by Crippen LogP contribution is -2.42. The van der Waals surface area contributed by atoms with Crippen molar-refractivity contribution in [3.8, 4) is 11.5 Å². The van der Waals surface area contributed by atoms with E-state index in [4.69, 9.17) is 5.11 Å². The number of hydrogen-bond acceptors (Lipinski definition) is 5. The number of benzene rings is 1. The first-order valence-corrected chi connectivity index (χ1v) is 7.47. The number of hydrogen-bond donors (Lipinski definition) is 2. The number of piperidine rings is 1. The Balaban J connectivity index is 1.57. The number of nitrogens with zero attached hydrogens (tertiary/aromatic N) is 1. The Hall–Kier alpha value is -2.42.